The van der Waals surface area contributed by atoms with Crippen molar-refractivity contribution in [3.05, 3.63) is 22.7 Å². The normalized spacial score (nSPS) is 12.8. The summed E-state index contributed by atoms with van der Waals surface area (Å²) in [7, 11) is 4.18. The predicted octanol–water partition coefficient (Wildman–Crippen LogP) is 2.81. The lowest BCUT2D eigenvalue weighted by molar-refractivity contribution is 0.373. The number of anilines is 2. The molecule has 0 spiro atoms. The molecule has 1 rings (SSSR count). The highest BCUT2D eigenvalue weighted by molar-refractivity contribution is 9.10. The smallest absolute Gasteiger partial charge is 0.0614 e. The first-order chi connectivity index (χ1) is 7.95. The molecule has 0 aliphatic carbocycles. The van der Waals surface area contributed by atoms with Crippen LogP contribution in [0.1, 0.15) is 13.8 Å². The average molecular weight is 300 g/mol. The first kappa shape index (κ1) is 14.3. The third-order valence-corrected chi connectivity index (χ3v) is 3.30. The van der Waals surface area contributed by atoms with E-state index in [0.717, 1.165) is 28.9 Å². The lowest BCUT2D eigenvalue weighted by atomic mass is 10.2. The summed E-state index contributed by atoms with van der Waals surface area (Å²) in [6.07, 6.45) is 0. The number of halogens is 1. The zero-order chi connectivity index (χ0) is 13.0. The van der Waals surface area contributed by atoms with Crippen molar-refractivity contribution in [2.75, 3.05) is 37.8 Å². The minimum Gasteiger partial charge on any atom is -0.397 e. The highest BCUT2D eigenvalue weighted by Crippen LogP contribution is 2.28. The second kappa shape index (κ2) is 6.26. The SMILES string of the molecule is CCN(c1cc(Br)ccc1N)C(C)CN(C)C. The number of nitrogen functional groups attached to an aromatic ring is 1. The zero-order valence-electron chi connectivity index (χ0n) is 11.1. The van der Waals surface area contributed by atoms with Gasteiger partial charge in [-0.05, 0) is 46.1 Å². The van der Waals surface area contributed by atoms with Gasteiger partial charge in [0.25, 0.3) is 0 Å². The van der Waals surface area contributed by atoms with Crippen LogP contribution in [0.2, 0.25) is 0 Å². The van der Waals surface area contributed by atoms with Crippen molar-refractivity contribution in [1.29, 1.82) is 0 Å². The van der Waals surface area contributed by atoms with Crippen LogP contribution >= 0.6 is 15.9 Å². The molecule has 1 aromatic carbocycles. The van der Waals surface area contributed by atoms with E-state index in [4.69, 9.17) is 5.73 Å². The topological polar surface area (TPSA) is 32.5 Å². The molecule has 0 saturated carbocycles. The van der Waals surface area contributed by atoms with Gasteiger partial charge in [0.15, 0.2) is 0 Å². The van der Waals surface area contributed by atoms with Gasteiger partial charge in [0.1, 0.15) is 0 Å². The molecule has 0 fully saturated rings. The van der Waals surface area contributed by atoms with Crippen LogP contribution < -0.4 is 10.6 Å². The standard InChI is InChI=1S/C13H22BrN3/c1-5-17(10(2)9-16(3)4)13-8-11(14)6-7-12(13)15/h6-8,10H,5,9,15H2,1-4H3. The first-order valence-corrected chi connectivity index (χ1v) is 6.71. The van der Waals surface area contributed by atoms with E-state index < -0.39 is 0 Å². The maximum Gasteiger partial charge on any atom is 0.0614 e. The highest BCUT2D eigenvalue weighted by atomic mass is 79.9. The molecule has 96 valence electrons. The fourth-order valence-electron chi connectivity index (χ4n) is 2.11. The van der Waals surface area contributed by atoms with Crippen LogP contribution in [0.25, 0.3) is 0 Å². The molecule has 0 bridgehead atoms. The summed E-state index contributed by atoms with van der Waals surface area (Å²) in [4.78, 5) is 4.53. The summed E-state index contributed by atoms with van der Waals surface area (Å²) in [5, 5.41) is 0. The second-order valence-electron chi connectivity index (χ2n) is 4.60. The Kier molecular flexibility index (Phi) is 5.28. The van der Waals surface area contributed by atoms with Gasteiger partial charge in [0, 0.05) is 23.6 Å². The molecule has 0 aliphatic rings. The van der Waals surface area contributed by atoms with E-state index in [1.165, 1.54) is 0 Å². The molecule has 3 nitrogen and oxygen atoms in total. The Hall–Kier alpha value is -0.740. The van der Waals surface area contributed by atoms with E-state index in [0.29, 0.717) is 6.04 Å². The van der Waals surface area contributed by atoms with Gasteiger partial charge in [-0.2, -0.15) is 0 Å². The van der Waals surface area contributed by atoms with Gasteiger partial charge < -0.3 is 15.5 Å². The number of hydrogen-bond acceptors (Lipinski definition) is 3. The van der Waals surface area contributed by atoms with Crippen molar-refractivity contribution in [2.45, 2.75) is 19.9 Å². The number of likely N-dealkylation sites (N-methyl/N-ethyl adjacent to an activating group) is 2. The number of nitrogens with two attached hydrogens (primary N) is 1. The van der Waals surface area contributed by atoms with E-state index in [2.05, 4.69) is 59.7 Å². The number of rotatable bonds is 5. The van der Waals surface area contributed by atoms with Gasteiger partial charge in [-0.1, -0.05) is 15.9 Å². The molecule has 1 atom stereocenters. The fraction of sp³-hybridized carbons (Fsp3) is 0.538. The van der Waals surface area contributed by atoms with E-state index in [-0.39, 0.29) is 0 Å². The molecule has 0 radical (unpaired) electrons. The third-order valence-electron chi connectivity index (χ3n) is 2.80. The first-order valence-electron chi connectivity index (χ1n) is 5.92. The molecule has 0 heterocycles. The second-order valence-corrected chi connectivity index (χ2v) is 5.52. The van der Waals surface area contributed by atoms with Crippen molar-refractivity contribution in [3.8, 4) is 0 Å². The molecule has 1 unspecified atom stereocenters. The van der Waals surface area contributed by atoms with Crippen molar-refractivity contribution in [2.24, 2.45) is 0 Å². The molecule has 17 heavy (non-hydrogen) atoms. The third kappa shape index (κ3) is 3.89. The minimum absolute atomic E-state index is 0.437. The van der Waals surface area contributed by atoms with Crippen molar-refractivity contribution in [1.82, 2.24) is 4.90 Å². The lowest BCUT2D eigenvalue weighted by Crippen LogP contribution is -2.40. The lowest BCUT2D eigenvalue weighted by Gasteiger charge is -2.33. The molecule has 0 aromatic heterocycles. The largest absolute Gasteiger partial charge is 0.397 e. The van der Waals surface area contributed by atoms with E-state index >= 15 is 0 Å². The minimum atomic E-state index is 0.437. The van der Waals surface area contributed by atoms with Crippen LogP contribution in [-0.4, -0.2) is 38.1 Å². The van der Waals surface area contributed by atoms with E-state index in [9.17, 15) is 0 Å². The number of nitrogens with zero attached hydrogens (tertiary/aromatic N) is 2. The van der Waals surface area contributed by atoms with Crippen LogP contribution in [0.3, 0.4) is 0 Å². The summed E-state index contributed by atoms with van der Waals surface area (Å²) in [6, 6.07) is 6.45. The van der Waals surface area contributed by atoms with Crippen molar-refractivity contribution >= 4 is 27.3 Å². The van der Waals surface area contributed by atoms with Crippen LogP contribution in [0.4, 0.5) is 11.4 Å². The quantitative estimate of drug-likeness (QED) is 0.849. The number of hydrogen-bond donors (Lipinski definition) is 1. The van der Waals surface area contributed by atoms with Crippen LogP contribution in [-0.2, 0) is 0 Å². The molecule has 0 saturated heterocycles. The van der Waals surface area contributed by atoms with Crippen LogP contribution in [0.5, 0.6) is 0 Å². The summed E-state index contributed by atoms with van der Waals surface area (Å²) in [5.41, 5.74) is 8.00. The predicted molar refractivity (Wildman–Crippen MR) is 79.6 cm³/mol. The number of benzene rings is 1. The maximum atomic E-state index is 6.06. The Bertz CT molecular complexity index is 366. The Labute approximate surface area is 113 Å². The van der Waals surface area contributed by atoms with Gasteiger partial charge in [-0.3, -0.25) is 0 Å². The van der Waals surface area contributed by atoms with E-state index in [1.807, 2.05) is 12.1 Å². The Morgan fingerprint density at radius 3 is 2.53 bits per heavy atom. The summed E-state index contributed by atoms with van der Waals surface area (Å²) in [5.74, 6) is 0. The van der Waals surface area contributed by atoms with E-state index in [1.54, 1.807) is 0 Å². The molecule has 0 amide bonds. The summed E-state index contributed by atoms with van der Waals surface area (Å²) < 4.78 is 1.07. The van der Waals surface area contributed by atoms with Crippen molar-refractivity contribution < 1.29 is 0 Å². The molecular weight excluding hydrogens is 278 g/mol. The molecular formula is C13H22BrN3. The van der Waals surface area contributed by atoms with Crippen molar-refractivity contribution in [3.63, 3.8) is 0 Å². The Morgan fingerprint density at radius 2 is 2.00 bits per heavy atom. The van der Waals surface area contributed by atoms with Gasteiger partial charge in [-0.15, -0.1) is 0 Å². The Balaban J connectivity index is 2.96. The Morgan fingerprint density at radius 1 is 1.35 bits per heavy atom. The monoisotopic (exact) mass is 299 g/mol. The molecule has 1 aromatic rings. The fourth-order valence-corrected chi connectivity index (χ4v) is 2.46. The average Bonchev–Trinajstić information content (AvgIpc) is 2.23. The zero-order valence-corrected chi connectivity index (χ0v) is 12.7. The highest BCUT2D eigenvalue weighted by Gasteiger charge is 2.16. The van der Waals surface area contributed by atoms with Crippen LogP contribution in [0.15, 0.2) is 22.7 Å². The van der Waals surface area contributed by atoms with Gasteiger partial charge >= 0.3 is 0 Å². The van der Waals surface area contributed by atoms with Gasteiger partial charge in [0.05, 0.1) is 11.4 Å². The van der Waals surface area contributed by atoms with Crippen LogP contribution in [0, 0.1) is 0 Å². The van der Waals surface area contributed by atoms with Gasteiger partial charge in [-0.25, -0.2) is 0 Å². The maximum absolute atomic E-state index is 6.06. The van der Waals surface area contributed by atoms with Gasteiger partial charge in [0.2, 0.25) is 0 Å². The summed E-state index contributed by atoms with van der Waals surface area (Å²) >= 11 is 3.50. The molecule has 0 aliphatic heterocycles. The summed E-state index contributed by atoms with van der Waals surface area (Å²) in [6.45, 7) is 6.35. The molecule has 4 heteroatoms. The molecule has 2 N–H and O–H groups in total.